The van der Waals surface area contributed by atoms with E-state index < -0.39 is 10.0 Å². The summed E-state index contributed by atoms with van der Waals surface area (Å²) in [7, 11) is -0.674. The molecule has 166 valence electrons. The van der Waals surface area contributed by atoms with Gasteiger partial charge in [0.2, 0.25) is 10.0 Å². The highest BCUT2D eigenvalue weighted by molar-refractivity contribution is 7.98. The van der Waals surface area contributed by atoms with Crippen LogP contribution in [0.1, 0.15) is 11.5 Å². The molecule has 0 unspecified atom stereocenters. The average molecular weight is 474 g/mol. The van der Waals surface area contributed by atoms with Crippen LogP contribution in [0.2, 0.25) is 0 Å². The largest absolute Gasteiger partial charge is 0.361 e. The lowest BCUT2D eigenvalue weighted by molar-refractivity contribution is 0.393. The Morgan fingerprint density at radius 3 is 2.50 bits per heavy atom. The van der Waals surface area contributed by atoms with Gasteiger partial charge in [-0.05, 0) is 43.3 Å². The molecular formula is C21H20FN5O3S2. The van der Waals surface area contributed by atoms with Crippen molar-refractivity contribution in [1.82, 2.24) is 24.2 Å². The Bertz CT molecular complexity index is 1350. The van der Waals surface area contributed by atoms with E-state index in [0.29, 0.717) is 33.7 Å². The van der Waals surface area contributed by atoms with Crippen molar-refractivity contribution in [2.24, 2.45) is 0 Å². The lowest BCUT2D eigenvalue weighted by atomic mass is 10.2. The predicted octanol–water partition coefficient (Wildman–Crippen LogP) is 3.91. The van der Waals surface area contributed by atoms with Crippen molar-refractivity contribution in [2.45, 2.75) is 22.7 Å². The second kappa shape index (κ2) is 8.85. The number of benzene rings is 2. The molecule has 0 saturated heterocycles. The fourth-order valence-electron chi connectivity index (χ4n) is 3.00. The predicted molar refractivity (Wildman–Crippen MR) is 118 cm³/mol. The van der Waals surface area contributed by atoms with Crippen molar-refractivity contribution >= 4 is 21.8 Å². The summed E-state index contributed by atoms with van der Waals surface area (Å²) in [5.41, 5.74) is 1.96. The zero-order chi connectivity index (χ0) is 22.9. The Balaban J connectivity index is 1.79. The van der Waals surface area contributed by atoms with Gasteiger partial charge in [0.05, 0.1) is 10.6 Å². The van der Waals surface area contributed by atoms with Crippen LogP contribution in [-0.2, 0) is 15.8 Å². The van der Waals surface area contributed by atoms with E-state index in [9.17, 15) is 12.8 Å². The molecule has 0 bridgehead atoms. The zero-order valence-electron chi connectivity index (χ0n) is 17.6. The zero-order valence-corrected chi connectivity index (χ0v) is 19.2. The van der Waals surface area contributed by atoms with Crippen LogP contribution in [0.4, 0.5) is 4.39 Å². The first-order valence-corrected chi connectivity index (χ1v) is 12.0. The SMILES string of the molecule is Cc1cc(CSc2nnc(-c3cccc(S(=O)(=O)N(C)C)c3)n2-c2ccc(F)cc2)no1. The van der Waals surface area contributed by atoms with E-state index in [1.54, 1.807) is 34.9 Å². The molecule has 0 amide bonds. The van der Waals surface area contributed by atoms with Gasteiger partial charge < -0.3 is 4.52 Å². The lowest BCUT2D eigenvalue weighted by Gasteiger charge is -2.13. The highest BCUT2D eigenvalue weighted by Crippen LogP contribution is 2.31. The molecular weight excluding hydrogens is 453 g/mol. The first-order valence-electron chi connectivity index (χ1n) is 9.55. The summed E-state index contributed by atoms with van der Waals surface area (Å²) in [4.78, 5) is 0.140. The van der Waals surface area contributed by atoms with Gasteiger partial charge >= 0.3 is 0 Å². The first-order chi connectivity index (χ1) is 15.3. The maximum absolute atomic E-state index is 13.5. The summed E-state index contributed by atoms with van der Waals surface area (Å²) in [6, 6.07) is 14.3. The number of hydrogen-bond donors (Lipinski definition) is 0. The molecule has 0 radical (unpaired) electrons. The number of thioether (sulfide) groups is 1. The Hall–Kier alpha value is -3.02. The van der Waals surface area contributed by atoms with Crippen molar-refractivity contribution in [3.63, 3.8) is 0 Å². The van der Waals surface area contributed by atoms with Gasteiger partial charge in [-0.3, -0.25) is 4.57 Å². The van der Waals surface area contributed by atoms with Crippen molar-refractivity contribution in [2.75, 3.05) is 14.1 Å². The summed E-state index contributed by atoms with van der Waals surface area (Å²) >= 11 is 1.39. The van der Waals surface area contributed by atoms with Gasteiger partial charge in [-0.15, -0.1) is 10.2 Å². The number of sulfonamides is 1. The number of hydrogen-bond acceptors (Lipinski definition) is 7. The normalized spacial score (nSPS) is 11.9. The third-order valence-corrected chi connectivity index (χ3v) is 7.39. The lowest BCUT2D eigenvalue weighted by Crippen LogP contribution is -2.22. The van der Waals surface area contributed by atoms with Crippen LogP contribution in [-0.4, -0.2) is 46.7 Å². The highest BCUT2D eigenvalue weighted by Gasteiger charge is 2.21. The second-order valence-electron chi connectivity index (χ2n) is 7.15. The Morgan fingerprint density at radius 1 is 1.09 bits per heavy atom. The number of aryl methyl sites for hydroxylation is 1. The molecule has 0 aliphatic heterocycles. The minimum absolute atomic E-state index is 0.140. The summed E-state index contributed by atoms with van der Waals surface area (Å²) in [6.45, 7) is 1.81. The van der Waals surface area contributed by atoms with E-state index in [2.05, 4.69) is 15.4 Å². The van der Waals surface area contributed by atoms with Crippen molar-refractivity contribution in [3.8, 4) is 17.1 Å². The van der Waals surface area contributed by atoms with Crippen LogP contribution in [0.15, 0.2) is 69.2 Å². The van der Waals surface area contributed by atoms with Crippen LogP contribution in [0.3, 0.4) is 0 Å². The minimum Gasteiger partial charge on any atom is -0.361 e. The van der Waals surface area contributed by atoms with Crippen LogP contribution >= 0.6 is 11.8 Å². The molecule has 4 rings (SSSR count). The molecule has 0 N–H and O–H groups in total. The monoisotopic (exact) mass is 473 g/mol. The number of nitrogens with zero attached hydrogens (tertiary/aromatic N) is 5. The number of rotatable bonds is 7. The van der Waals surface area contributed by atoms with E-state index in [0.717, 1.165) is 10.00 Å². The standard InChI is InChI=1S/C21H20FN5O3S2/c1-14-11-17(25-30-14)13-31-21-24-23-20(27(21)18-9-7-16(22)8-10-18)15-5-4-6-19(12-15)32(28,29)26(2)3/h4-12H,13H2,1-3H3. The molecule has 0 saturated carbocycles. The minimum atomic E-state index is -3.63. The maximum atomic E-state index is 13.5. The smallest absolute Gasteiger partial charge is 0.242 e. The van der Waals surface area contributed by atoms with Gasteiger partial charge in [0.15, 0.2) is 11.0 Å². The quantitative estimate of drug-likeness (QED) is 0.376. The van der Waals surface area contributed by atoms with Gasteiger partial charge in [-0.25, -0.2) is 17.1 Å². The molecule has 32 heavy (non-hydrogen) atoms. The first kappa shape index (κ1) is 22.2. The molecule has 0 fully saturated rings. The van der Waals surface area contributed by atoms with E-state index in [1.807, 2.05) is 13.0 Å². The number of halogens is 1. The van der Waals surface area contributed by atoms with Crippen LogP contribution in [0.5, 0.6) is 0 Å². The van der Waals surface area contributed by atoms with Crippen molar-refractivity contribution in [3.05, 3.63) is 71.9 Å². The molecule has 0 spiro atoms. The fourth-order valence-corrected chi connectivity index (χ4v) is 4.78. The molecule has 2 aromatic carbocycles. The van der Waals surface area contributed by atoms with E-state index in [1.165, 1.54) is 44.1 Å². The van der Waals surface area contributed by atoms with Crippen LogP contribution in [0, 0.1) is 12.7 Å². The van der Waals surface area contributed by atoms with Crippen LogP contribution in [0.25, 0.3) is 17.1 Å². The van der Waals surface area contributed by atoms with Gasteiger partial charge in [0.25, 0.3) is 0 Å². The summed E-state index contributed by atoms with van der Waals surface area (Å²) in [5.74, 6) is 1.27. The molecule has 2 aromatic heterocycles. The molecule has 0 atom stereocenters. The van der Waals surface area contributed by atoms with Gasteiger partial charge in [0, 0.05) is 37.2 Å². The summed E-state index contributed by atoms with van der Waals surface area (Å²) < 4.78 is 46.8. The van der Waals surface area contributed by atoms with Crippen molar-refractivity contribution in [1.29, 1.82) is 0 Å². The third kappa shape index (κ3) is 4.45. The van der Waals surface area contributed by atoms with E-state index in [-0.39, 0.29) is 10.7 Å². The molecule has 4 aromatic rings. The topological polar surface area (TPSA) is 94.1 Å². The van der Waals surface area contributed by atoms with Gasteiger partial charge in [-0.2, -0.15) is 0 Å². The Morgan fingerprint density at radius 2 is 1.84 bits per heavy atom. The van der Waals surface area contributed by atoms with E-state index in [4.69, 9.17) is 4.52 Å². The average Bonchev–Trinajstić information content (AvgIpc) is 3.39. The fraction of sp³-hybridized carbons (Fsp3) is 0.190. The van der Waals surface area contributed by atoms with Gasteiger partial charge in [-0.1, -0.05) is 29.1 Å². The summed E-state index contributed by atoms with van der Waals surface area (Å²) in [5, 5.41) is 13.2. The highest BCUT2D eigenvalue weighted by atomic mass is 32.2. The Labute approximate surface area is 189 Å². The molecule has 0 aliphatic carbocycles. The summed E-state index contributed by atoms with van der Waals surface area (Å²) in [6.07, 6.45) is 0. The second-order valence-corrected chi connectivity index (χ2v) is 10.2. The Kier molecular flexibility index (Phi) is 6.13. The molecule has 8 nitrogen and oxygen atoms in total. The number of aromatic nitrogens is 4. The maximum Gasteiger partial charge on any atom is 0.242 e. The third-order valence-electron chi connectivity index (χ3n) is 4.61. The van der Waals surface area contributed by atoms with Crippen LogP contribution < -0.4 is 0 Å². The van der Waals surface area contributed by atoms with E-state index >= 15 is 0 Å². The van der Waals surface area contributed by atoms with Gasteiger partial charge in [0.1, 0.15) is 11.6 Å². The molecule has 11 heteroatoms. The molecule has 0 aliphatic rings. The molecule has 2 heterocycles. The van der Waals surface area contributed by atoms with Crippen molar-refractivity contribution < 1.29 is 17.3 Å².